The zero-order valence-corrected chi connectivity index (χ0v) is 8.97. The van der Waals surface area contributed by atoms with Gasteiger partial charge in [0.05, 0.1) is 6.61 Å². The van der Waals surface area contributed by atoms with Crippen LogP contribution in [-0.4, -0.2) is 17.4 Å². The highest BCUT2D eigenvalue weighted by molar-refractivity contribution is 9.10. The second-order valence-electron chi connectivity index (χ2n) is 3.25. The van der Waals surface area contributed by atoms with Crippen molar-refractivity contribution in [3.63, 3.8) is 0 Å². The van der Waals surface area contributed by atoms with E-state index in [9.17, 15) is 4.79 Å². The van der Waals surface area contributed by atoms with Gasteiger partial charge in [0.2, 0.25) is 0 Å². The van der Waals surface area contributed by atoms with Gasteiger partial charge in [-0.05, 0) is 19.3 Å². The first kappa shape index (κ1) is 10.0. The van der Waals surface area contributed by atoms with Crippen molar-refractivity contribution in [1.82, 2.24) is 0 Å². The number of carbonyl (C=O) groups excluding carboxylic acids is 1. The van der Waals surface area contributed by atoms with E-state index in [1.54, 1.807) is 0 Å². The molecule has 0 bridgehead atoms. The fourth-order valence-corrected chi connectivity index (χ4v) is 2.01. The summed E-state index contributed by atoms with van der Waals surface area (Å²) in [7, 11) is 0. The zero-order valence-electron chi connectivity index (χ0n) is 7.38. The van der Waals surface area contributed by atoms with Gasteiger partial charge in [0.1, 0.15) is 4.83 Å². The van der Waals surface area contributed by atoms with Crippen LogP contribution in [0.25, 0.3) is 0 Å². The van der Waals surface area contributed by atoms with Crippen LogP contribution < -0.4 is 0 Å². The molecule has 3 heteroatoms. The molecule has 70 valence electrons. The molecule has 0 aliphatic heterocycles. The first-order valence-electron chi connectivity index (χ1n) is 4.54. The second kappa shape index (κ2) is 4.85. The van der Waals surface area contributed by atoms with Gasteiger partial charge >= 0.3 is 5.97 Å². The number of carbonyl (C=O) groups is 1. The number of alkyl halides is 1. The maximum absolute atomic E-state index is 11.1. The van der Waals surface area contributed by atoms with Crippen molar-refractivity contribution in [1.29, 1.82) is 0 Å². The molecule has 1 fully saturated rings. The van der Waals surface area contributed by atoms with Crippen molar-refractivity contribution < 1.29 is 9.53 Å². The van der Waals surface area contributed by atoms with Crippen LogP contribution >= 0.6 is 15.9 Å². The van der Waals surface area contributed by atoms with Gasteiger partial charge in [-0.15, -0.1) is 0 Å². The van der Waals surface area contributed by atoms with E-state index < -0.39 is 0 Å². The topological polar surface area (TPSA) is 26.3 Å². The van der Waals surface area contributed by atoms with E-state index in [1.165, 1.54) is 19.3 Å². The van der Waals surface area contributed by atoms with Crippen molar-refractivity contribution in [3.05, 3.63) is 0 Å². The third-order valence-corrected chi connectivity index (χ3v) is 3.06. The fraction of sp³-hybridized carbons (Fsp3) is 0.889. The summed E-state index contributed by atoms with van der Waals surface area (Å²) in [4.78, 5) is 11.1. The van der Waals surface area contributed by atoms with Gasteiger partial charge in [-0.3, -0.25) is 4.79 Å². The Balaban J connectivity index is 2.16. The van der Waals surface area contributed by atoms with E-state index in [4.69, 9.17) is 4.74 Å². The first-order valence-corrected chi connectivity index (χ1v) is 5.46. The smallest absolute Gasteiger partial charge is 0.319 e. The maximum atomic E-state index is 11.1. The van der Waals surface area contributed by atoms with E-state index in [1.807, 2.05) is 6.92 Å². The number of hydrogen-bond donors (Lipinski definition) is 0. The highest BCUT2D eigenvalue weighted by atomic mass is 79.9. The Hall–Kier alpha value is -0.0500. The van der Waals surface area contributed by atoms with E-state index in [2.05, 4.69) is 15.9 Å². The van der Waals surface area contributed by atoms with Crippen LogP contribution in [0.3, 0.4) is 0 Å². The Morgan fingerprint density at radius 1 is 1.67 bits per heavy atom. The average Bonchev–Trinajstić information content (AvgIpc) is 1.97. The molecule has 2 nitrogen and oxygen atoms in total. The van der Waals surface area contributed by atoms with Crippen LogP contribution in [0, 0.1) is 5.92 Å². The Bertz CT molecular complexity index is 155. The molecular weight excluding hydrogens is 220 g/mol. The summed E-state index contributed by atoms with van der Waals surface area (Å²) in [5.74, 6) is 0.642. The lowest BCUT2D eigenvalue weighted by atomic mass is 9.82. The lowest BCUT2D eigenvalue weighted by molar-refractivity contribution is -0.142. The summed E-state index contributed by atoms with van der Waals surface area (Å²) in [5, 5.41) is 0. The molecule has 0 aromatic heterocycles. The molecule has 12 heavy (non-hydrogen) atoms. The zero-order chi connectivity index (χ0) is 8.97. The van der Waals surface area contributed by atoms with Crippen molar-refractivity contribution in [3.8, 4) is 0 Å². The van der Waals surface area contributed by atoms with Crippen LogP contribution in [0.4, 0.5) is 0 Å². The Labute approximate surface area is 81.8 Å². The SMILES string of the molecule is CCOC(=O)C(Br)CC1CCC1. The van der Waals surface area contributed by atoms with Crippen LogP contribution in [0.2, 0.25) is 0 Å². The monoisotopic (exact) mass is 234 g/mol. The summed E-state index contributed by atoms with van der Waals surface area (Å²) >= 11 is 3.35. The third-order valence-electron chi connectivity index (χ3n) is 2.31. The summed E-state index contributed by atoms with van der Waals surface area (Å²) in [6.07, 6.45) is 4.83. The van der Waals surface area contributed by atoms with Crippen molar-refractivity contribution >= 4 is 21.9 Å². The van der Waals surface area contributed by atoms with Crippen molar-refractivity contribution in [2.24, 2.45) is 5.92 Å². The molecule has 0 radical (unpaired) electrons. The Kier molecular flexibility index (Phi) is 4.06. The molecular formula is C9H15BrO2. The maximum Gasteiger partial charge on any atom is 0.319 e. The minimum absolute atomic E-state index is 0.0808. The number of hydrogen-bond acceptors (Lipinski definition) is 2. The van der Waals surface area contributed by atoms with E-state index in [0.29, 0.717) is 6.61 Å². The predicted molar refractivity (Wildman–Crippen MR) is 51.3 cm³/mol. The molecule has 0 spiro atoms. The largest absolute Gasteiger partial charge is 0.465 e. The summed E-state index contributed by atoms with van der Waals surface area (Å²) < 4.78 is 4.89. The molecule has 1 atom stereocenters. The van der Waals surface area contributed by atoms with Crippen LogP contribution in [-0.2, 0) is 9.53 Å². The summed E-state index contributed by atoms with van der Waals surface area (Å²) in [6.45, 7) is 2.31. The van der Waals surface area contributed by atoms with Gasteiger partial charge in [-0.1, -0.05) is 35.2 Å². The molecule has 0 aromatic carbocycles. The minimum atomic E-state index is -0.107. The van der Waals surface area contributed by atoms with Crippen LogP contribution in [0.1, 0.15) is 32.6 Å². The van der Waals surface area contributed by atoms with E-state index in [-0.39, 0.29) is 10.8 Å². The summed E-state index contributed by atoms with van der Waals surface area (Å²) in [6, 6.07) is 0. The number of halogens is 1. The van der Waals surface area contributed by atoms with E-state index >= 15 is 0 Å². The van der Waals surface area contributed by atoms with Gasteiger partial charge in [0, 0.05) is 0 Å². The van der Waals surface area contributed by atoms with Crippen LogP contribution in [0.5, 0.6) is 0 Å². The number of esters is 1. The number of rotatable bonds is 4. The molecule has 0 aromatic rings. The van der Waals surface area contributed by atoms with Gasteiger partial charge in [0.25, 0.3) is 0 Å². The molecule has 1 unspecified atom stereocenters. The highest BCUT2D eigenvalue weighted by Crippen LogP contribution is 2.32. The molecule has 0 heterocycles. The molecule has 0 N–H and O–H groups in total. The lowest BCUT2D eigenvalue weighted by Gasteiger charge is -2.26. The van der Waals surface area contributed by atoms with E-state index in [0.717, 1.165) is 12.3 Å². The molecule has 1 saturated carbocycles. The molecule has 1 rings (SSSR count). The molecule has 0 amide bonds. The Morgan fingerprint density at radius 3 is 2.75 bits per heavy atom. The van der Waals surface area contributed by atoms with Gasteiger partial charge < -0.3 is 4.74 Å². The Morgan fingerprint density at radius 2 is 2.33 bits per heavy atom. The minimum Gasteiger partial charge on any atom is -0.465 e. The molecule has 0 saturated heterocycles. The fourth-order valence-electron chi connectivity index (χ4n) is 1.35. The normalized spacial score (nSPS) is 19.8. The van der Waals surface area contributed by atoms with Crippen LogP contribution in [0.15, 0.2) is 0 Å². The van der Waals surface area contributed by atoms with Gasteiger partial charge in [-0.2, -0.15) is 0 Å². The first-order chi connectivity index (χ1) is 5.74. The molecule has 1 aliphatic rings. The lowest BCUT2D eigenvalue weighted by Crippen LogP contribution is -2.23. The predicted octanol–water partition coefficient (Wildman–Crippen LogP) is 2.50. The third kappa shape index (κ3) is 2.77. The summed E-state index contributed by atoms with van der Waals surface area (Å²) in [5.41, 5.74) is 0. The molecule has 1 aliphatic carbocycles. The quantitative estimate of drug-likeness (QED) is 0.552. The number of ether oxygens (including phenoxy) is 1. The van der Waals surface area contributed by atoms with Crippen molar-refractivity contribution in [2.75, 3.05) is 6.61 Å². The highest BCUT2D eigenvalue weighted by Gasteiger charge is 2.25. The standard InChI is InChI=1S/C9H15BrO2/c1-2-12-9(11)8(10)6-7-4-3-5-7/h7-8H,2-6H2,1H3. The van der Waals surface area contributed by atoms with Crippen molar-refractivity contribution in [2.45, 2.75) is 37.4 Å². The average molecular weight is 235 g/mol. The van der Waals surface area contributed by atoms with Gasteiger partial charge in [0.15, 0.2) is 0 Å². The second-order valence-corrected chi connectivity index (χ2v) is 4.36. The van der Waals surface area contributed by atoms with Gasteiger partial charge in [-0.25, -0.2) is 0 Å².